The van der Waals surface area contributed by atoms with Crippen LogP contribution < -0.4 is 0 Å². The Morgan fingerprint density at radius 2 is 1.91 bits per heavy atom. The van der Waals surface area contributed by atoms with Gasteiger partial charge >= 0.3 is 0 Å². The highest BCUT2D eigenvalue weighted by molar-refractivity contribution is 5.03. The van der Waals surface area contributed by atoms with Crippen molar-refractivity contribution in [1.82, 2.24) is 0 Å². The van der Waals surface area contributed by atoms with Crippen LogP contribution in [-0.2, 0) is 0 Å². The molecule has 0 bridgehead atoms. The fourth-order valence-corrected chi connectivity index (χ4v) is 1.11. The van der Waals surface area contributed by atoms with E-state index in [4.69, 9.17) is 0 Å². The molecule has 0 aromatic carbocycles. The van der Waals surface area contributed by atoms with E-state index in [0.29, 0.717) is 5.41 Å². The number of allylic oxidation sites excluding steroid dienone is 3. The van der Waals surface area contributed by atoms with Gasteiger partial charge in [-0.05, 0) is 25.2 Å². The third-order valence-corrected chi connectivity index (χ3v) is 1.42. The normalized spacial score (nSPS) is 12.4. The molecule has 0 fully saturated rings. The van der Waals surface area contributed by atoms with Crippen molar-refractivity contribution < 1.29 is 0 Å². The van der Waals surface area contributed by atoms with Crippen LogP contribution in [0.15, 0.2) is 24.3 Å². The van der Waals surface area contributed by atoms with Gasteiger partial charge in [0.1, 0.15) is 0 Å². The van der Waals surface area contributed by atoms with Crippen LogP contribution in [0.4, 0.5) is 0 Å². The van der Waals surface area contributed by atoms with Gasteiger partial charge in [0.25, 0.3) is 0 Å². The van der Waals surface area contributed by atoms with E-state index in [1.165, 1.54) is 5.57 Å². The van der Waals surface area contributed by atoms with Crippen LogP contribution in [0.25, 0.3) is 0 Å². The lowest BCUT2D eigenvalue weighted by Gasteiger charge is -2.18. The maximum absolute atomic E-state index is 4.03. The molecule has 0 saturated heterocycles. The van der Waals surface area contributed by atoms with E-state index in [-0.39, 0.29) is 0 Å². The SMILES string of the molecule is C=C(CC=CC)CC(C)(C)C. The minimum Gasteiger partial charge on any atom is -0.0995 e. The van der Waals surface area contributed by atoms with Gasteiger partial charge in [-0.15, -0.1) is 0 Å². The molecule has 0 amide bonds. The average Bonchev–Trinajstić information content (AvgIpc) is 1.79. The summed E-state index contributed by atoms with van der Waals surface area (Å²) in [6.07, 6.45) is 6.40. The predicted molar refractivity (Wildman–Crippen MR) is 52.6 cm³/mol. The summed E-state index contributed by atoms with van der Waals surface area (Å²) in [5.74, 6) is 0. The molecule has 0 heterocycles. The molecule has 64 valence electrons. The van der Waals surface area contributed by atoms with Gasteiger partial charge in [0, 0.05) is 0 Å². The lowest BCUT2D eigenvalue weighted by atomic mass is 9.87. The van der Waals surface area contributed by atoms with Crippen LogP contribution in [0, 0.1) is 5.41 Å². The third kappa shape index (κ3) is 7.38. The molecule has 0 radical (unpaired) electrons. The van der Waals surface area contributed by atoms with Crippen molar-refractivity contribution in [3.63, 3.8) is 0 Å². The highest BCUT2D eigenvalue weighted by atomic mass is 14.2. The van der Waals surface area contributed by atoms with Crippen molar-refractivity contribution in [2.45, 2.75) is 40.5 Å². The molecule has 0 rings (SSSR count). The Morgan fingerprint density at radius 3 is 2.27 bits per heavy atom. The molecule has 0 N–H and O–H groups in total. The summed E-state index contributed by atoms with van der Waals surface area (Å²) in [7, 11) is 0. The molecular formula is C11H20. The Balaban J connectivity index is 3.70. The van der Waals surface area contributed by atoms with E-state index in [1.54, 1.807) is 0 Å². The number of hydrogen-bond acceptors (Lipinski definition) is 0. The highest BCUT2D eigenvalue weighted by Gasteiger charge is 2.10. The molecule has 0 aliphatic carbocycles. The summed E-state index contributed by atoms with van der Waals surface area (Å²) < 4.78 is 0. The van der Waals surface area contributed by atoms with Crippen molar-refractivity contribution in [2.75, 3.05) is 0 Å². The van der Waals surface area contributed by atoms with E-state index in [9.17, 15) is 0 Å². The highest BCUT2D eigenvalue weighted by Crippen LogP contribution is 2.24. The maximum atomic E-state index is 4.03. The second kappa shape index (κ2) is 4.38. The lowest BCUT2D eigenvalue weighted by Crippen LogP contribution is -2.05. The summed E-state index contributed by atoms with van der Waals surface area (Å²) in [6, 6.07) is 0. The first kappa shape index (κ1) is 10.5. The van der Waals surface area contributed by atoms with Crippen LogP contribution in [0.3, 0.4) is 0 Å². The zero-order chi connectivity index (χ0) is 8.91. The molecule has 11 heavy (non-hydrogen) atoms. The van der Waals surface area contributed by atoms with Gasteiger partial charge < -0.3 is 0 Å². The topological polar surface area (TPSA) is 0 Å². The zero-order valence-corrected chi connectivity index (χ0v) is 8.28. The third-order valence-electron chi connectivity index (χ3n) is 1.42. The molecule has 0 saturated carbocycles. The van der Waals surface area contributed by atoms with Gasteiger partial charge in [-0.3, -0.25) is 0 Å². The summed E-state index contributed by atoms with van der Waals surface area (Å²) in [5, 5.41) is 0. The molecule has 0 heteroatoms. The average molecular weight is 152 g/mol. The second-order valence-electron chi connectivity index (χ2n) is 4.26. The van der Waals surface area contributed by atoms with Crippen LogP contribution in [0.5, 0.6) is 0 Å². The van der Waals surface area contributed by atoms with Crippen molar-refractivity contribution in [3.8, 4) is 0 Å². The molecule has 0 aromatic heterocycles. The molecule has 0 aliphatic heterocycles. The minimum atomic E-state index is 0.388. The Morgan fingerprint density at radius 1 is 1.36 bits per heavy atom. The van der Waals surface area contributed by atoms with E-state index >= 15 is 0 Å². The first-order valence-electron chi connectivity index (χ1n) is 4.23. The monoisotopic (exact) mass is 152 g/mol. The molecule has 0 atom stereocenters. The van der Waals surface area contributed by atoms with E-state index < -0.39 is 0 Å². The molecule has 0 aliphatic rings. The predicted octanol–water partition coefficient (Wildman–Crippen LogP) is 3.95. The minimum absolute atomic E-state index is 0.388. The van der Waals surface area contributed by atoms with Gasteiger partial charge in [0.15, 0.2) is 0 Å². The van der Waals surface area contributed by atoms with Crippen LogP contribution in [0.2, 0.25) is 0 Å². The largest absolute Gasteiger partial charge is 0.0995 e. The Bertz CT molecular complexity index is 144. The van der Waals surface area contributed by atoms with Crippen LogP contribution >= 0.6 is 0 Å². The summed E-state index contributed by atoms with van der Waals surface area (Å²) in [5.41, 5.74) is 1.72. The van der Waals surface area contributed by atoms with E-state index in [2.05, 4.69) is 39.5 Å². The zero-order valence-electron chi connectivity index (χ0n) is 8.28. The fourth-order valence-electron chi connectivity index (χ4n) is 1.11. The Kier molecular flexibility index (Phi) is 4.17. The molecule has 0 unspecified atom stereocenters. The van der Waals surface area contributed by atoms with E-state index in [0.717, 1.165) is 12.8 Å². The fraction of sp³-hybridized carbons (Fsp3) is 0.636. The van der Waals surface area contributed by atoms with Crippen molar-refractivity contribution >= 4 is 0 Å². The smallest absolute Gasteiger partial charge is 0.0141 e. The van der Waals surface area contributed by atoms with Crippen molar-refractivity contribution in [1.29, 1.82) is 0 Å². The van der Waals surface area contributed by atoms with Crippen molar-refractivity contribution in [3.05, 3.63) is 24.3 Å². The van der Waals surface area contributed by atoms with Gasteiger partial charge in [-0.2, -0.15) is 0 Å². The maximum Gasteiger partial charge on any atom is -0.0141 e. The number of hydrogen-bond donors (Lipinski definition) is 0. The number of rotatable bonds is 3. The Labute approximate surface area is 71.0 Å². The molecule has 0 aromatic rings. The van der Waals surface area contributed by atoms with Crippen LogP contribution in [0.1, 0.15) is 40.5 Å². The summed E-state index contributed by atoms with van der Waals surface area (Å²) >= 11 is 0. The molecule has 0 spiro atoms. The van der Waals surface area contributed by atoms with Gasteiger partial charge in [0.2, 0.25) is 0 Å². The lowest BCUT2D eigenvalue weighted by molar-refractivity contribution is 0.407. The first-order valence-corrected chi connectivity index (χ1v) is 4.23. The van der Waals surface area contributed by atoms with Gasteiger partial charge in [0.05, 0.1) is 0 Å². The summed E-state index contributed by atoms with van der Waals surface area (Å²) in [4.78, 5) is 0. The van der Waals surface area contributed by atoms with Gasteiger partial charge in [-0.1, -0.05) is 45.1 Å². The first-order chi connectivity index (χ1) is 4.95. The van der Waals surface area contributed by atoms with Crippen molar-refractivity contribution in [2.24, 2.45) is 5.41 Å². The second-order valence-corrected chi connectivity index (χ2v) is 4.26. The standard InChI is InChI=1S/C11H20/c1-6-7-8-10(2)9-11(3,4)5/h6-7H,2,8-9H2,1,3-5H3. The van der Waals surface area contributed by atoms with E-state index in [1.807, 2.05) is 6.92 Å². The summed E-state index contributed by atoms with van der Waals surface area (Å²) in [6.45, 7) is 12.8. The van der Waals surface area contributed by atoms with Crippen LogP contribution in [-0.4, -0.2) is 0 Å². The Hall–Kier alpha value is -0.520. The quantitative estimate of drug-likeness (QED) is 0.537. The molecule has 0 nitrogen and oxygen atoms in total. The molecular weight excluding hydrogens is 132 g/mol. The van der Waals surface area contributed by atoms with Gasteiger partial charge in [-0.25, -0.2) is 0 Å².